The molecule has 1 fully saturated rings. The fourth-order valence-electron chi connectivity index (χ4n) is 3.37. The Bertz CT molecular complexity index is 808. The fraction of sp³-hybridized carbons (Fsp3) is 0.350. The van der Waals surface area contributed by atoms with E-state index in [-0.39, 0.29) is 17.6 Å². The molecule has 1 heterocycles. The van der Waals surface area contributed by atoms with Crippen LogP contribution < -0.4 is 19.9 Å². The van der Waals surface area contributed by atoms with E-state index in [9.17, 15) is 13.6 Å². The van der Waals surface area contributed by atoms with Crippen molar-refractivity contribution in [2.24, 2.45) is 0 Å². The van der Waals surface area contributed by atoms with Crippen molar-refractivity contribution >= 4 is 17.3 Å². The first kappa shape index (κ1) is 19.1. The van der Waals surface area contributed by atoms with Crippen LogP contribution in [0.1, 0.15) is 6.92 Å². The molecular formula is C20H24F2N3O2+. The number of anilines is 2. The molecule has 1 saturated heterocycles. The quantitative estimate of drug-likeness (QED) is 0.835. The van der Waals surface area contributed by atoms with E-state index in [1.165, 1.54) is 6.07 Å². The number of hydrogen-bond acceptors (Lipinski definition) is 3. The number of amides is 1. The van der Waals surface area contributed by atoms with Gasteiger partial charge in [0.25, 0.3) is 5.91 Å². The van der Waals surface area contributed by atoms with E-state index in [2.05, 4.69) is 10.2 Å². The van der Waals surface area contributed by atoms with Gasteiger partial charge in [-0.25, -0.2) is 8.78 Å². The molecule has 1 atom stereocenters. The smallest absolute Gasteiger partial charge is 0.282 e. The molecule has 2 aromatic rings. The van der Waals surface area contributed by atoms with E-state index >= 15 is 0 Å². The Kier molecular flexibility index (Phi) is 5.91. The van der Waals surface area contributed by atoms with Crippen molar-refractivity contribution in [2.45, 2.75) is 13.0 Å². The molecule has 1 aliphatic rings. The Morgan fingerprint density at radius 2 is 1.85 bits per heavy atom. The maximum Gasteiger partial charge on any atom is 0.282 e. The van der Waals surface area contributed by atoms with Gasteiger partial charge in [-0.15, -0.1) is 0 Å². The molecule has 0 aromatic heterocycles. The lowest BCUT2D eigenvalue weighted by atomic mass is 10.2. The summed E-state index contributed by atoms with van der Waals surface area (Å²) in [5.74, 6) is -1.27. The Balaban J connectivity index is 1.58. The number of nitrogens with zero attached hydrogens (tertiary/aromatic N) is 1. The van der Waals surface area contributed by atoms with Gasteiger partial charge in [-0.2, -0.15) is 0 Å². The van der Waals surface area contributed by atoms with Gasteiger partial charge in [-0.3, -0.25) is 4.79 Å². The van der Waals surface area contributed by atoms with E-state index in [1.807, 2.05) is 31.2 Å². The topological polar surface area (TPSA) is 46.0 Å². The fourth-order valence-corrected chi connectivity index (χ4v) is 3.37. The van der Waals surface area contributed by atoms with Crippen LogP contribution >= 0.6 is 0 Å². The van der Waals surface area contributed by atoms with Crippen LogP contribution in [0.2, 0.25) is 0 Å². The van der Waals surface area contributed by atoms with Gasteiger partial charge < -0.3 is 19.9 Å². The Morgan fingerprint density at radius 3 is 2.52 bits per heavy atom. The number of hydrogen-bond donors (Lipinski definition) is 2. The third kappa shape index (κ3) is 4.36. The molecule has 144 valence electrons. The third-order valence-corrected chi connectivity index (χ3v) is 5.02. The van der Waals surface area contributed by atoms with Crippen molar-refractivity contribution in [1.29, 1.82) is 0 Å². The van der Waals surface area contributed by atoms with Crippen LogP contribution in [0, 0.1) is 11.6 Å². The number of carbonyl (C=O) groups is 1. The van der Waals surface area contributed by atoms with E-state index in [4.69, 9.17) is 4.74 Å². The maximum absolute atomic E-state index is 13.3. The zero-order valence-corrected chi connectivity index (χ0v) is 15.5. The monoisotopic (exact) mass is 376 g/mol. The highest BCUT2D eigenvalue weighted by atomic mass is 19.2. The van der Waals surface area contributed by atoms with Crippen LogP contribution in [0.4, 0.5) is 20.2 Å². The van der Waals surface area contributed by atoms with Gasteiger partial charge in [0.2, 0.25) is 0 Å². The molecule has 2 N–H and O–H groups in total. The van der Waals surface area contributed by atoms with E-state index < -0.39 is 11.6 Å². The zero-order valence-electron chi connectivity index (χ0n) is 15.5. The van der Waals surface area contributed by atoms with Gasteiger partial charge in [0.05, 0.1) is 39.0 Å². The highest BCUT2D eigenvalue weighted by molar-refractivity contribution is 5.93. The second-order valence-electron chi connectivity index (χ2n) is 6.66. The molecule has 0 saturated carbocycles. The molecule has 7 heteroatoms. The molecule has 0 radical (unpaired) electrons. The van der Waals surface area contributed by atoms with Gasteiger partial charge in [0.15, 0.2) is 17.7 Å². The highest BCUT2D eigenvalue weighted by Crippen LogP contribution is 2.27. The van der Waals surface area contributed by atoms with E-state index in [0.29, 0.717) is 0 Å². The number of para-hydroxylation sites is 2. The molecule has 1 aliphatic heterocycles. The number of ether oxygens (including phenoxy) is 1. The normalized spacial score (nSPS) is 16.1. The van der Waals surface area contributed by atoms with Gasteiger partial charge in [-0.1, -0.05) is 12.1 Å². The molecule has 1 amide bonds. The Labute approximate surface area is 157 Å². The molecule has 0 spiro atoms. The average Bonchev–Trinajstić information content (AvgIpc) is 2.70. The van der Waals surface area contributed by atoms with Gasteiger partial charge >= 0.3 is 0 Å². The van der Waals surface area contributed by atoms with Crippen molar-refractivity contribution in [2.75, 3.05) is 43.5 Å². The molecule has 2 aromatic carbocycles. The SMILES string of the molecule is COc1ccccc1N1CC[NH+]([C@H](C)C(=O)Nc2ccc(F)c(F)c2)CC1. The lowest BCUT2D eigenvalue weighted by molar-refractivity contribution is -0.914. The molecule has 0 unspecified atom stereocenters. The van der Waals surface area contributed by atoms with Crippen molar-refractivity contribution in [3.05, 3.63) is 54.1 Å². The molecule has 0 bridgehead atoms. The minimum absolute atomic E-state index is 0.207. The second kappa shape index (κ2) is 8.35. The number of quaternary nitrogens is 1. The van der Waals surface area contributed by atoms with E-state index in [1.54, 1.807) is 7.11 Å². The average molecular weight is 376 g/mol. The largest absolute Gasteiger partial charge is 0.495 e. The summed E-state index contributed by atoms with van der Waals surface area (Å²) < 4.78 is 31.7. The number of rotatable bonds is 5. The molecule has 27 heavy (non-hydrogen) atoms. The minimum atomic E-state index is -0.974. The number of carbonyl (C=O) groups excluding carboxylic acids is 1. The number of piperazine rings is 1. The first-order chi connectivity index (χ1) is 13.0. The van der Waals surface area contributed by atoms with Crippen LogP contribution in [0.25, 0.3) is 0 Å². The van der Waals surface area contributed by atoms with Crippen LogP contribution in [0.3, 0.4) is 0 Å². The van der Waals surface area contributed by atoms with Gasteiger partial charge in [0.1, 0.15) is 5.75 Å². The number of methoxy groups -OCH3 is 1. The summed E-state index contributed by atoms with van der Waals surface area (Å²) in [5.41, 5.74) is 1.32. The summed E-state index contributed by atoms with van der Waals surface area (Å²) in [4.78, 5) is 15.9. The zero-order chi connectivity index (χ0) is 19.4. The predicted octanol–water partition coefficient (Wildman–Crippen LogP) is 1.71. The minimum Gasteiger partial charge on any atom is -0.495 e. The number of benzene rings is 2. The van der Waals surface area contributed by atoms with Crippen LogP contribution in [0.15, 0.2) is 42.5 Å². The summed E-state index contributed by atoms with van der Waals surface area (Å²) in [7, 11) is 1.66. The van der Waals surface area contributed by atoms with Crippen molar-refractivity contribution in [3.63, 3.8) is 0 Å². The van der Waals surface area contributed by atoms with Crippen LogP contribution in [-0.4, -0.2) is 45.2 Å². The second-order valence-corrected chi connectivity index (χ2v) is 6.66. The third-order valence-electron chi connectivity index (χ3n) is 5.02. The first-order valence-electron chi connectivity index (χ1n) is 8.98. The van der Waals surface area contributed by atoms with Crippen molar-refractivity contribution < 1.29 is 23.2 Å². The number of halogens is 2. The summed E-state index contributed by atoms with van der Waals surface area (Å²) in [5, 5.41) is 2.67. The summed E-state index contributed by atoms with van der Waals surface area (Å²) in [6.45, 7) is 5.05. The van der Waals surface area contributed by atoms with Gasteiger partial charge in [0, 0.05) is 11.8 Å². The van der Waals surface area contributed by atoms with Crippen LogP contribution in [-0.2, 0) is 4.79 Å². The summed E-state index contributed by atoms with van der Waals surface area (Å²) in [6.07, 6.45) is 0. The highest BCUT2D eigenvalue weighted by Gasteiger charge is 2.30. The Morgan fingerprint density at radius 1 is 1.15 bits per heavy atom. The van der Waals surface area contributed by atoms with Gasteiger partial charge in [-0.05, 0) is 31.2 Å². The summed E-state index contributed by atoms with van der Waals surface area (Å²) >= 11 is 0. The first-order valence-corrected chi connectivity index (χ1v) is 8.98. The van der Waals surface area contributed by atoms with Crippen LogP contribution in [0.5, 0.6) is 5.75 Å². The molecule has 3 rings (SSSR count). The maximum atomic E-state index is 13.3. The predicted molar refractivity (Wildman–Crippen MR) is 100 cm³/mol. The van der Waals surface area contributed by atoms with Crippen molar-refractivity contribution in [3.8, 4) is 5.75 Å². The molecule has 5 nitrogen and oxygen atoms in total. The Hall–Kier alpha value is -2.67. The lowest BCUT2D eigenvalue weighted by Crippen LogP contribution is -3.19. The molecule has 0 aliphatic carbocycles. The standard InChI is InChI=1S/C20H23F2N3O2/c1-14(20(26)23-15-7-8-16(21)17(22)13-15)24-9-11-25(12-10-24)18-5-3-4-6-19(18)27-2/h3-8,13-14H,9-12H2,1-2H3,(H,23,26)/p+1/t14-/m1/s1. The summed E-state index contributed by atoms with van der Waals surface area (Å²) in [6, 6.07) is 11.0. The molecular weight excluding hydrogens is 352 g/mol. The lowest BCUT2D eigenvalue weighted by Gasteiger charge is -2.36. The van der Waals surface area contributed by atoms with E-state index in [0.717, 1.165) is 54.6 Å². The number of nitrogens with one attached hydrogen (secondary N) is 2. The van der Waals surface area contributed by atoms with Crippen molar-refractivity contribution in [1.82, 2.24) is 0 Å².